The van der Waals surface area contributed by atoms with Crippen molar-refractivity contribution in [1.82, 2.24) is 0 Å². The molecule has 7 atom stereocenters. The van der Waals surface area contributed by atoms with E-state index in [-0.39, 0.29) is 5.04 Å². The van der Waals surface area contributed by atoms with Gasteiger partial charge in [-0.3, -0.25) is 0 Å². The number of ether oxygens (including phenoxy) is 1. The van der Waals surface area contributed by atoms with Crippen LogP contribution in [0.15, 0.2) is 0 Å². The van der Waals surface area contributed by atoms with Crippen LogP contribution in [0.25, 0.3) is 0 Å². The Labute approximate surface area is 128 Å². The first-order chi connectivity index (χ1) is 9.23. The van der Waals surface area contributed by atoms with Crippen LogP contribution in [0.3, 0.4) is 0 Å². The first-order valence-electron chi connectivity index (χ1n) is 7.37. The average Bonchev–Trinajstić information content (AvgIpc) is 2.37. The van der Waals surface area contributed by atoms with Crippen LogP contribution < -0.4 is 0 Å². The van der Waals surface area contributed by atoms with Gasteiger partial charge in [-0.25, -0.2) is 0 Å². The molecule has 0 aromatic carbocycles. The number of rotatable bonds is 2. The van der Waals surface area contributed by atoms with Crippen molar-refractivity contribution in [2.45, 2.75) is 75.5 Å². The molecule has 2 rings (SSSR count). The highest BCUT2D eigenvalue weighted by atomic mass is 28.1. The summed E-state index contributed by atoms with van der Waals surface area (Å²) in [6.45, 7) is 8.80. The van der Waals surface area contributed by atoms with E-state index in [0.29, 0.717) is 0 Å². The van der Waals surface area contributed by atoms with Crippen LogP contribution in [0.4, 0.5) is 0 Å². The normalized spacial score (nSPS) is 51.1. The lowest BCUT2D eigenvalue weighted by Gasteiger charge is -2.69. The Kier molecular flexibility index (Phi) is 3.72. The second-order valence-electron chi connectivity index (χ2n) is 8.28. The fourth-order valence-electron chi connectivity index (χ4n) is 3.69. The van der Waals surface area contributed by atoms with Gasteiger partial charge in [0.25, 0.3) is 0 Å². The predicted octanol–water partition coefficient (Wildman–Crippen LogP) is -1.87. The van der Waals surface area contributed by atoms with Crippen molar-refractivity contribution < 1.29 is 30.3 Å². The van der Waals surface area contributed by atoms with Crippen molar-refractivity contribution in [3.8, 4) is 0 Å². The van der Waals surface area contributed by atoms with E-state index < -0.39 is 47.1 Å². The average molecular weight is 320 g/mol. The topological polar surface area (TPSA) is 110 Å². The summed E-state index contributed by atoms with van der Waals surface area (Å²) < 4.78 is 5.30. The molecule has 0 aromatic heterocycles. The molecule has 0 spiro atoms. The molecule has 0 amide bonds. The van der Waals surface area contributed by atoms with E-state index in [1.54, 1.807) is 20.8 Å². The van der Waals surface area contributed by atoms with E-state index in [9.17, 15) is 25.5 Å². The Morgan fingerprint density at radius 2 is 1.62 bits per heavy atom. The molecule has 5 N–H and O–H groups in total. The van der Waals surface area contributed by atoms with Crippen LogP contribution in [-0.2, 0) is 4.74 Å². The molecule has 124 valence electrons. The lowest BCUT2D eigenvalue weighted by Crippen LogP contribution is -2.88. The van der Waals surface area contributed by atoms with Crippen molar-refractivity contribution in [3.05, 3.63) is 0 Å². The van der Waals surface area contributed by atoms with E-state index in [1.165, 1.54) is 0 Å². The third kappa shape index (κ3) is 1.86. The molecule has 2 aliphatic rings. The Bertz CT molecular complexity index is 436. The van der Waals surface area contributed by atoms with E-state index in [1.807, 2.05) is 13.8 Å². The second kappa shape index (κ2) is 4.50. The smallest absolute Gasteiger partial charge is 0.187 e. The fraction of sp³-hybridized carbons (Fsp3) is 1.00. The van der Waals surface area contributed by atoms with Gasteiger partial charge in [-0.1, -0.05) is 34.6 Å². The Morgan fingerprint density at radius 1 is 1.14 bits per heavy atom. The number of hydrogen-bond acceptors (Lipinski definition) is 6. The quantitative estimate of drug-likeness (QED) is 0.381. The SMILES string of the molecule is CC(C(C)(C)[SiH3])[C@]1(O)[C@H](O)O[C@@H]2C(O)C(C)(C)[C@]2(O)[C@@H]1O. The summed E-state index contributed by atoms with van der Waals surface area (Å²) in [5, 5.41) is 52.5. The molecule has 1 saturated heterocycles. The number of aliphatic hydroxyl groups excluding tert-OH is 3. The monoisotopic (exact) mass is 320 g/mol. The minimum atomic E-state index is -1.99. The molecule has 7 heteroatoms. The van der Waals surface area contributed by atoms with Gasteiger partial charge < -0.3 is 30.3 Å². The highest BCUT2D eigenvalue weighted by Gasteiger charge is 2.78. The molecule has 1 saturated carbocycles. The van der Waals surface area contributed by atoms with Crippen molar-refractivity contribution in [1.29, 1.82) is 0 Å². The third-order valence-corrected chi connectivity index (χ3v) is 6.88. The van der Waals surface area contributed by atoms with E-state index >= 15 is 0 Å². The Hall–Kier alpha value is -0.0231. The Balaban J connectivity index is 2.47. The van der Waals surface area contributed by atoms with Gasteiger partial charge in [0.15, 0.2) is 6.29 Å². The lowest BCUT2D eigenvalue weighted by atomic mass is 9.48. The summed E-state index contributed by atoms with van der Waals surface area (Å²) in [7, 11) is 0.723. The van der Waals surface area contributed by atoms with Gasteiger partial charge in [0.1, 0.15) is 23.4 Å². The maximum Gasteiger partial charge on any atom is 0.187 e. The summed E-state index contributed by atoms with van der Waals surface area (Å²) in [6, 6.07) is 0. The van der Waals surface area contributed by atoms with Crippen molar-refractivity contribution in [2.24, 2.45) is 11.3 Å². The van der Waals surface area contributed by atoms with Gasteiger partial charge in [-0.2, -0.15) is 0 Å². The molecule has 0 bridgehead atoms. The molecule has 1 aliphatic heterocycles. The van der Waals surface area contributed by atoms with Crippen LogP contribution in [0.5, 0.6) is 0 Å². The van der Waals surface area contributed by atoms with Gasteiger partial charge >= 0.3 is 0 Å². The molecule has 0 radical (unpaired) electrons. The second-order valence-corrected chi connectivity index (χ2v) is 10.9. The van der Waals surface area contributed by atoms with Crippen molar-refractivity contribution >= 4 is 10.2 Å². The molecule has 6 nitrogen and oxygen atoms in total. The van der Waals surface area contributed by atoms with Crippen LogP contribution in [0.1, 0.15) is 34.6 Å². The van der Waals surface area contributed by atoms with E-state index in [4.69, 9.17) is 4.74 Å². The molecule has 0 aromatic rings. The fourth-order valence-corrected chi connectivity index (χ4v) is 4.15. The van der Waals surface area contributed by atoms with Crippen molar-refractivity contribution in [2.75, 3.05) is 0 Å². The zero-order chi connectivity index (χ0) is 16.6. The standard InChI is InChI=1S/C14H28O6Si/c1-6(12(4,5)21)13(18)9(16)14(19)8(20-10(13)17)7(15)11(14,2)3/h6-10,15-19H,1-5,21H3/t6?,7?,8-,9-,10-,13-,14-/m1/s1. The van der Waals surface area contributed by atoms with Crippen LogP contribution in [-0.4, -0.2) is 71.6 Å². The van der Waals surface area contributed by atoms with Crippen LogP contribution in [0, 0.1) is 11.3 Å². The van der Waals surface area contributed by atoms with Gasteiger partial charge in [0.05, 0.1) is 6.10 Å². The Morgan fingerprint density at radius 3 is 2.05 bits per heavy atom. The zero-order valence-corrected chi connectivity index (χ0v) is 15.5. The molecular weight excluding hydrogens is 292 g/mol. The summed E-state index contributed by atoms with van der Waals surface area (Å²) in [6.07, 6.45) is -5.40. The summed E-state index contributed by atoms with van der Waals surface area (Å²) in [5.41, 5.74) is -4.84. The van der Waals surface area contributed by atoms with Crippen LogP contribution in [0.2, 0.25) is 5.04 Å². The summed E-state index contributed by atoms with van der Waals surface area (Å²) >= 11 is 0. The minimum absolute atomic E-state index is 0.296. The first kappa shape index (κ1) is 17.3. The maximum absolute atomic E-state index is 11.0. The number of fused-ring (bicyclic) bond motifs is 1. The highest BCUT2D eigenvalue weighted by molar-refractivity contribution is 6.14. The molecular formula is C14H28O6Si. The van der Waals surface area contributed by atoms with Gasteiger partial charge in [-0.15, -0.1) is 0 Å². The highest BCUT2D eigenvalue weighted by Crippen LogP contribution is 2.60. The largest absolute Gasteiger partial charge is 0.390 e. The molecule has 2 fully saturated rings. The minimum Gasteiger partial charge on any atom is -0.390 e. The van der Waals surface area contributed by atoms with E-state index in [0.717, 1.165) is 10.2 Å². The summed E-state index contributed by atoms with van der Waals surface area (Å²) in [4.78, 5) is 0. The molecule has 1 aliphatic carbocycles. The van der Waals surface area contributed by atoms with Crippen LogP contribution >= 0.6 is 0 Å². The summed E-state index contributed by atoms with van der Waals surface area (Å²) in [5.74, 6) is -0.500. The maximum atomic E-state index is 11.0. The van der Waals surface area contributed by atoms with Gasteiger partial charge in [-0.05, 0) is 11.0 Å². The van der Waals surface area contributed by atoms with Gasteiger partial charge in [0.2, 0.25) is 0 Å². The molecule has 21 heavy (non-hydrogen) atoms. The third-order valence-electron chi connectivity index (χ3n) is 6.01. The molecule has 1 heterocycles. The van der Waals surface area contributed by atoms with Gasteiger partial charge in [0, 0.05) is 15.7 Å². The van der Waals surface area contributed by atoms with Crippen molar-refractivity contribution in [3.63, 3.8) is 0 Å². The first-order valence-corrected chi connectivity index (χ1v) is 8.37. The lowest BCUT2D eigenvalue weighted by molar-refractivity contribution is -0.446. The number of hydrogen-bond donors (Lipinski definition) is 5. The zero-order valence-electron chi connectivity index (χ0n) is 13.5. The predicted molar refractivity (Wildman–Crippen MR) is 79.7 cm³/mol. The van der Waals surface area contributed by atoms with E-state index in [2.05, 4.69) is 0 Å². The molecule has 2 unspecified atom stereocenters. The number of aliphatic hydroxyl groups is 5.